The zero-order valence-corrected chi connectivity index (χ0v) is 19.4. The first-order chi connectivity index (χ1) is 16.2. The van der Waals surface area contributed by atoms with Crippen molar-refractivity contribution in [1.29, 1.82) is 0 Å². The maximum absolute atomic E-state index is 13.0. The number of amides is 2. The van der Waals surface area contributed by atoms with Gasteiger partial charge in [-0.15, -0.1) is 0 Å². The lowest BCUT2D eigenvalue weighted by atomic mass is 9.80. The van der Waals surface area contributed by atoms with E-state index in [0.29, 0.717) is 19.4 Å². The largest absolute Gasteiger partial charge is 0.480 e. The number of carbonyl (C=O) groups excluding carboxylic acids is 2. The maximum Gasteiger partial charge on any atom is 0.407 e. The van der Waals surface area contributed by atoms with Gasteiger partial charge in [-0.05, 0) is 48.9 Å². The van der Waals surface area contributed by atoms with Crippen LogP contribution in [0.4, 0.5) is 4.79 Å². The number of hydrogen-bond donors (Lipinski definition) is 3. The van der Waals surface area contributed by atoms with E-state index < -0.39 is 28.9 Å². The monoisotopic (exact) mass is 466 g/mol. The summed E-state index contributed by atoms with van der Waals surface area (Å²) in [7, 11) is 0. The molecule has 1 aliphatic carbocycles. The molecule has 1 fully saturated rings. The van der Waals surface area contributed by atoms with Crippen LogP contribution >= 0.6 is 0 Å². The maximum atomic E-state index is 13.0. The fourth-order valence-corrected chi connectivity index (χ4v) is 4.61. The van der Waals surface area contributed by atoms with Gasteiger partial charge in [0.15, 0.2) is 0 Å². The van der Waals surface area contributed by atoms with Crippen LogP contribution in [0.5, 0.6) is 0 Å². The Morgan fingerprint density at radius 1 is 1.09 bits per heavy atom. The predicted molar refractivity (Wildman–Crippen MR) is 125 cm³/mol. The van der Waals surface area contributed by atoms with Crippen LogP contribution in [-0.2, 0) is 19.1 Å². The Morgan fingerprint density at radius 2 is 1.71 bits per heavy atom. The van der Waals surface area contributed by atoms with Crippen molar-refractivity contribution in [3.05, 3.63) is 59.7 Å². The lowest BCUT2D eigenvalue weighted by molar-refractivity contribution is -0.150. The van der Waals surface area contributed by atoms with E-state index in [1.807, 2.05) is 36.4 Å². The highest BCUT2D eigenvalue weighted by molar-refractivity contribution is 5.90. The van der Waals surface area contributed by atoms with Crippen molar-refractivity contribution in [2.24, 2.45) is 5.41 Å². The standard InChI is InChI=1S/C26H30N2O6/c1-25(2,23(30)31)28-22(29)26(12-7-13-33-16-26)15-27-24(32)34-14-21-19-10-5-3-8-17(19)18-9-4-6-11-20(18)21/h3-6,8-11,21H,7,12-16H2,1-2H3,(H,27,32)(H,28,29)(H,30,31). The average molecular weight is 467 g/mol. The number of carbonyl (C=O) groups is 3. The molecule has 2 amide bonds. The molecule has 2 aromatic rings. The molecule has 0 spiro atoms. The number of carboxylic acids is 1. The van der Waals surface area contributed by atoms with Crippen molar-refractivity contribution < 1.29 is 29.0 Å². The average Bonchev–Trinajstić information content (AvgIpc) is 3.15. The van der Waals surface area contributed by atoms with E-state index >= 15 is 0 Å². The van der Waals surface area contributed by atoms with Gasteiger partial charge in [-0.2, -0.15) is 0 Å². The molecule has 0 aromatic heterocycles. The third-order valence-electron chi connectivity index (χ3n) is 6.68. The van der Waals surface area contributed by atoms with Crippen LogP contribution in [0.2, 0.25) is 0 Å². The van der Waals surface area contributed by atoms with Gasteiger partial charge in [-0.3, -0.25) is 4.79 Å². The molecule has 0 bridgehead atoms. The summed E-state index contributed by atoms with van der Waals surface area (Å²) in [6.45, 7) is 3.61. The molecule has 3 N–H and O–H groups in total. The van der Waals surface area contributed by atoms with Crippen molar-refractivity contribution in [3.63, 3.8) is 0 Å². The lowest BCUT2D eigenvalue weighted by Gasteiger charge is -2.37. The zero-order valence-electron chi connectivity index (χ0n) is 19.4. The van der Waals surface area contributed by atoms with Gasteiger partial charge < -0.3 is 25.2 Å². The highest BCUT2D eigenvalue weighted by Gasteiger charge is 2.44. The van der Waals surface area contributed by atoms with Gasteiger partial charge >= 0.3 is 12.1 Å². The van der Waals surface area contributed by atoms with Gasteiger partial charge in [-0.25, -0.2) is 9.59 Å². The molecule has 8 heteroatoms. The Morgan fingerprint density at radius 3 is 2.26 bits per heavy atom. The first-order valence-electron chi connectivity index (χ1n) is 11.5. The third kappa shape index (κ3) is 4.63. The lowest BCUT2D eigenvalue weighted by Crippen LogP contribution is -2.59. The molecule has 1 aliphatic heterocycles. The summed E-state index contributed by atoms with van der Waals surface area (Å²) in [5, 5.41) is 14.7. The van der Waals surface area contributed by atoms with Crippen LogP contribution in [-0.4, -0.2) is 55.0 Å². The molecule has 8 nitrogen and oxygen atoms in total. The van der Waals surface area contributed by atoms with Crippen molar-refractivity contribution in [2.45, 2.75) is 38.1 Å². The summed E-state index contributed by atoms with van der Waals surface area (Å²) in [5.74, 6) is -1.67. The molecule has 2 aromatic carbocycles. The summed E-state index contributed by atoms with van der Waals surface area (Å²) in [6.07, 6.45) is 0.475. The van der Waals surface area contributed by atoms with E-state index in [2.05, 4.69) is 22.8 Å². The van der Waals surface area contributed by atoms with Gasteiger partial charge in [0.1, 0.15) is 12.1 Å². The van der Waals surface area contributed by atoms with Crippen LogP contribution in [0.15, 0.2) is 48.5 Å². The summed E-state index contributed by atoms with van der Waals surface area (Å²) >= 11 is 0. The molecular formula is C26H30N2O6. The van der Waals surface area contributed by atoms with Crippen molar-refractivity contribution in [3.8, 4) is 11.1 Å². The van der Waals surface area contributed by atoms with Crippen LogP contribution in [0.3, 0.4) is 0 Å². The summed E-state index contributed by atoms with van der Waals surface area (Å²) in [6, 6.07) is 16.2. The van der Waals surface area contributed by atoms with Crippen molar-refractivity contribution in [1.82, 2.24) is 10.6 Å². The number of rotatable bonds is 7. The second-order valence-corrected chi connectivity index (χ2v) is 9.50. The van der Waals surface area contributed by atoms with E-state index in [0.717, 1.165) is 22.3 Å². The Labute approximate surface area is 198 Å². The van der Waals surface area contributed by atoms with Crippen LogP contribution in [0.1, 0.15) is 43.7 Å². The van der Waals surface area contributed by atoms with Gasteiger partial charge in [0.2, 0.25) is 5.91 Å². The molecule has 2 aliphatic rings. The smallest absolute Gasteiger partial charge is 0.407 e. The van der Waals surface area contributed by atoms with Crippen molar-refractivity contribution >= 4 is 18.0 Å². The van der Waals surface area contributed by atoms with Gasteiger partial charge in [-0.1, -0.05) is 48.5 Å². The van der Waals surface area contributed by atoms with Crippen LogP contribution in [0.25, 0.3) is 11.1 Å². The van der Waals surface area contributed by atoms with Gasteiger partial charge in [0.25, 0.3) is 0 Å². The number of alkyl carbamates (subject to hydrolysis) is 1. The minimum Gasteiger partial charge on any atom is -0.480 e. The number of carboxylic acid groups (broad SMARTS) is 1. The second kappa shape index (κ2) is 9.46. The predicted octanol–water partition coefficient (Wildman–Crippen LogP) is 3.30. The molecule has 34 heavy (non-hydrogen) atoms. The van der Waals surface area contributed by atoms with Crippen molar-refractivity contribution in [2.75, 3.05) is 26.4 Å². The molecule has 1 atom stereocenters. The summed E-state index contributed by atoms with van der Waals surface area (Å²) in [5.41, 5.74) is 2.01. The fraction of sp³-hybridized carbons (Fsp3) is 0.423. The Balaban J connectivity index is 1.41. The number of benzene rings is 2. The summed E-state index contributed by atoms with van der Waals surface area (Å²) in [4.78, 5) is 37.1. The minimum atomic E-state index is -1.44. The Hall–Kier alpha value is -3.39. The first-order valence-corrected chi connectivity index (χ1v) is 11.5. The molecule has 1 saturated heterocycles. The molecule has 4 rings (SSSR count). The number of aliphatic carboxylic acids is 1. The SMILES string of the molecule is CC(C)(NC(=O)C1(CNC(=O)OCC2c3ccccc3-c3ccccc32)CCCOC1)C(=O)O. The fourth-order valence-electron chi connectivity index (χ4n) is 4.61. The second-order valence-electron chi connectivity index (χ2n) is 9.50. The Bertz CT molecular complexity index is 1040. The van der Waals surface area contributed by atoms with E-state index in [1.54, 1.807) is 0 Å². The first kappa shape index (κ1) is 23.8. The Kier molecular flexibility index (Phi) is 6.61. The highest BCUT2D eigenvalue weighted by Crippen LogP contribution is 2.44. The summed E-state index contributed by atoms with van der Waals surface area (Å²) < 4.78 is 11.1. The molecule has 0 saturated carbocycles. The van der Waals surface area contributed by atoms with Gasteiger partial charge in [0, 0.05) is 19.1 Å². The van der Waals surface area contributed by atoms with E-state index in [9.17, 15) is 19.5 Å². The molecular weight excluding hydrogens is 436 g/mol. The van der Waals surface area contributed by atoms with E-state index in [1.165, 1.54) is 13.8 Å². The topological polar surface area (TPSA) is 114 Å². The molecule has 1 heterocycles. The normalized spacial score (nSPS) is 19.6. The van der Waals surface area contributed by atoms with Gasteiger partial charge in [0.05, 0.1) is 12.0 Å². The number of fused-ring (bicyclic) bond motifs is 3. The third-order valence-corrected chi connectivity index (χ3v) is 6.68. The highest BCUT2D eigenvalue weighted by atomic mass is 16.5. The van der Waals surface area contributed by atoms with Crippen LogP contribution in [0, 0.1) is 5.41 Å². The molecule has 180 valence electrons. The molecule has 1 unspecified atom stereocenters. The quantitative estimate of drug-likeness (QED) is 0.577. The molecule has 0 radical (unpaired) electrons. The zero-order chi connectivity index (χ0) is 24.3. The van der Waals surface area contributed by atoms with E-state index in [-0.39, 0.29) is 25.7 Å². The number of hydrogen-bond acceptors (Lipinski definition) is 5. The number of nitrogens with one attached hydrogen (secondary N) is 2. The number of ether oxygens (including phenoxy) is 2. The van der Waals surface area contributed by atoms with Crippen LogP contribution < -0.4 is 10.6 Å². The van der Waals surface area contributed by atoms with E-state index in [4.69, 9.17) is 9.47 Å². The minimum absolute atomic E-state index is 0.00872.